The number of aromatic hydroxyl groups is 1. The summed E-state index contributed by atoms with van der Waals surface area (Å²) < 4.78 is 0. The van der Waals surface area contributed by atoms with Gasteiger partial charge in [0.15, 0.2) is 0 Å². The molecule has 0 saturated heterocycles. The molecule has 2 aliphatic rings. The number of hydrogen-bond donors (Lipinski definition) is 9. The van der Waals surface area contributed by atoms with Gasteiger partial charge < -0.3 is 46.4 Å². The zero-order chi connectivity index (χ0) is 40.0. The Morgan fingerprint density at radius 3 is 2.47 bits per heavy atom. The van der Waals surface area contributed by atoms with E-state index in [0.29, 0.717) is 51.5 Å². The maximum atomic E-state index is 12.3. The zero-order valence-electron chi connectivity index (χ0n) is 32.8. The molecule has 10 nitrogen and oxygen atoms in total. The van der Waals surface area contributed by atoms with Gasteiger partial charge in [-0.2, -0.15) is 0 Å². The van der Waals surface area contributed by atoms with E-state index >= 15 is 0 Å². The number of unbranched alkanes of at least 4 members (excludes halogenated alkanes) is 1. The van der Waals surface area contributed by atoms with Crippen molar-refractivity contribution >= 4 is 5.97 Å². The summed E-state index contributed by atoms with van der Waals surface area (Å²) in [6.45, 7) is 6.15. The van der Waals surface area contributed by atoms with Gasteiger partial charge in [0.05, 0.1) is 36.4 Å². The van der Waals surface area contributed by atoms with E-state index in [4.69, 9.17) is 0 Å². The normalized spacial score (nSPS) is 25.4. The lowest BCUT2D eigenvalue weighted by atomic mass is 9.73. The van der Waals surface area contributed by atoms with Crippen LogP contribution >= 0.6 is 0 Å². The molecular formula is C45H64N2O8. The number of carboxylic acids is 1. The summed E-state index contributed by atoms with van der Waals surface area (Å²) in [6, 6.07) is 14.6. The minimum atomic E-state index is -1.39. The van der Waals surface area contributed by atoms with Crippen LogP contribution in [0.1, 0.15) is 114 Å². The molecule has 0 saturated carbocycles. The molecule has 2 aromatic carbocycles. The van der Waals surface area contributed by atoms with Crippen LogP contribution in [-0.4, -0.2) is 97.4 Å². The number of rotatable bonds is 18. The molecule has 0 amide bonds. The van der Waals surface area contributed by atoms with Gasteiger partial charge in [-0.1, -0.05) is 87.1 Å². The highest BCUT2D eigenvalue weighted by atomic mass is 16.4. The Hall–Kier alpha value is -3.53. The molecule has 0 spiro atoms. The Labute approximate surface area is 327 Å². The van der Waals surface area contributed by atoms with Gasteiger partial charge in [-0.25, -0.2) is 0 Å². The van der Waals surface area contributed by atoms with Crippen LogP contribution in [0.3, 0.4) is 0 Å². The second-order valence-corrected chi connectivity index (χ2v) is 15.7. The number of allylic oxidation sites excluding steroid dienone is 2. The summed E-state index contributed by atoms with van der Waals surface area (Å²) in [7, 11) is 0. The SMILES string of the molecule is CCCC[C@H](O)[C@H](O)C=CC1=C(C[C@H](O)CO)[C@@H]2NC[C@@](C)(O)[C@H](c3ccc(O)cc3)C#C[C@H](C[C@@H]2CC[C@H](CCC(=O)O)NCC)c2ccccc2CC1. The summed E-state index contributed by atoms with van der Waals surface area (Å²) >= 11 is 0. The number of fused-ring (bicyclic) bond motifs is 5. The lowest BCUT2D eigenvalue weighted by molar-refractivity contribution is -0.137. The molecule has 1 aliphatic carbocycles. The van der Waals surface area contributed by atoms with E-state index in [1.807, 2.05) is 32.1 Å². The Bertz CT molecular complexity index is 1630. The first-order chi connectivity index (χ1) is 26.4. The highest BCUT2D eigenvalue weighted by Gasteiger charge is 2.38. The predicted molar refractivity (Wildman–Crippen MR) is 216 cm³/mol. The Kier molecular flexibility index (Phi) is 17.4. The van der Waals surface area contributed by atoms with E-state index in [2.05, 4.69) is 34.6 Å². The van der Waals surface area contributed by atoms with Crippen LogP contribution in [-0.2, 0) is 11.2 Å². The number of benzene rings is 2. The molecule has 1 aliphatic heterocycles. The molecule has 10 heteroatoms. The maximum absolute atomic E-state index is 12.3. The van der Waals surface area contributed by atoms with Gasteiger partial charge in [-0.15, -0.1) is 0 Å². The molecule has 0 unspecified atom stereocenters. The Morgan fingerprint density at radius 2 is 1.78 bits per heavy atom. The van der Waals surface area contributed by atoms with Crippen molar-refractivity contribution in [2.45, 2.75) is 139 Å². The van der Waals surface area contributed by atoms with E-state index in [1.165, 1.54) is 0 Å². The van der Waals surface area contributed by atoms with Gasteiger partial charge in [-0.05, 0) is 111 Å². The van der Waals surface area contributed by atoms with Crippen LogP contribution in [0.4, 0.5) is 0 Å². The monoisotopic (exact) mass is 760 g/mol. The topological polar surface area (TPSA) is 183 Å². The van der Waals surface area contributed by atoms with Crippen molar-refractivity contribution in [3.05, 3.63) is 88.5 Å². The lowest BCUT2D eigenvalue weighted by Crippen LogP contribution is -2.50. The fraction of sp³-hybridized carbons (Fsp3) is 0.578. The van der Waals surface area contributed by atoms with Gasteiger partial charge in [0, 0.05) is 31.0 Å². The van der Waals surface area contributed by atoms with Crippen LogP contribution < -0.4 is 10.6 Å². The van der Waals surface area contributed by atoms with E-state index in [-0.39, 0.29) is 43.0 Å². The molecule has 302 valence electrons. The molecule has 9 N–H and O–H groups in total. The maximum Gasteiger partial charge on any atom is 0.303 e. The fourth-order valence-electron chi connectivity index (χ4n) is 8.20. The average Bonchev–Trinajstić information content (AvgIpc) is 3.16. The lowest BCUT2D eigenvalue weighted by Gasteiger charge is -2.40. The van der Waals surface area contributed by atoms with Crippen LogP contribution in [0.5, 0.6) is 5.75 Å². The highest BCUT2D eigenvalue weighted by molar-refractivity contribution is 5.66. The molecule has 0 fully saturated rings. The van der Waals surface area contributed by atoms with E-state index in [0.717, 1.165) is 40.7 Å². The molecule has 55 heavy (non-hydrogen) atoms. The van der Waals surface area contributed by atoms with Crippen LogP contribution in [0.2, 0.25) is 0 Å². The van der Waals surface area contributed by atoms with Crippen molar-refractivity contribution in [1.29, 1.82) is 0 Å². The zero-order valence-corrected chi connectivity index (χ0v) is 32.8. The second-order valence-electron chi connectivity index (χ2n) is 15.7. The first-order valence-electron chi connectivity index (χ1n) is 20.2. The predicted octanol–water partition coefficient (Wildman–Crippen LogP) is 5.07. The number of hydrogen-bond acceptors (Lipinski definition) is 9. The minimum absolute atomic E-state index is 0.0431. The van der Waals surface area contributed by atoms with Crippen molar-refractivity contribution in [2.24, 2.45) is 5.92 Å². The van der Waals surface area contributed by atoms with E-state index in [1.54, 1.807) is 37.3 Å². The number of phenolic OH excluding ortho intramolecular Hbond substituents is 1. The molecule has 0 radical (unpaired) electrons. The van der Waals surface area contributed by atoms with Crippen molar-refractivity contribution < 1.29 is 40.5 Å². The fourth-order valence-corrected chi connectivity index (χ4v) is 8.20. The second kappa shape index (κ2) is 21.7. The van der Waals surface area contributed by atoms with Crippen molar-refractivity contribution in [1.82, 2.24) is 10.6 Å². The van der Waals surface area contributed by atoms with Crippen LogP contribution in [0.15, 0.2) is 71.8 Å². The summed E-state index contributed by atoms with van der Waals surface area (Å²) in [5.41, 5.74) is 3.31. The van der Waals surface area contributed by atoms with E-state index < -0.39 is 48.4 Å². The Balaban J connectivity index is 1.95. The summed E-state index contributed by atoms with van der Waals surface area (Å²) in [5.74, 6) is 5.42. The van der Waals surface area contributed by atoms with Crippen LogP contribution in [0.25, 0.3) is 0 Å². The Morgan fingerprint density at radius 1 is 1.04 bits per heavy atom. The molecule has 4 rings (SSSR count). The summed E-state index contributed by atoms with van der Waals surface area (Å²) in [6.07, 6.45) is 6.37. The minimum Gasteiger partial charge on any atom is -0.508 e. The number of carbonyl (C=O) groups is 1. The number of aliphatic hydroxyl groups excluding tert-OH is 4. The largest absolute Gasteiger partial charge is 0.508 e. The number of aryl methyl sites for hydroxylation is 1. The number of β-amino-alcohol motifs (C(OH)–C–C–N with tert-alkyl or cyclic N) is 1. The average molecular weight is 761 g/mol. The first kappa shape index (κ1) is 44.2. The number of aliphatic hydroxyl groups is 5. The molecule has 0 aromatic heterocycles. The quantitative estimate of drug-likeness (QED) is 0.0931. The summed E-state index contributed by atoms with van der Waals surface area (Å²) in [4.78, 5) is 11.6. The van der Waals surface area contributed by atoms with E-state index in [9.17, 15) is 40.5 Å². The van der Waals surface area contributed by atoms with Gasteiger partial charge >= 0.3 is 5.97 Å². The number of aliphatic carboxylic acids is 1. The highest BCUT2D eigenvalue weighted by Crippen LogP contribution is 2.40. The van der Waals surface area contributed by atoms with Crippen molar-refractivity contribution in [3.8, 4) is 17.6 Å². The third kappa shape index (κ3) is 13.0. The molecule has 9 atom stereocenters. The molecule has 2 aromatic rings. The van der Waals surface area contributed by atoms with Gasteiger partial charge in [0.25, 0.3) is 0 Å². The standard InChI is InChI=1S/C45H64N2O8/c1-4-6-11-41(51)42(52)24-18-31-13-12-30-9-7-8-10-38(30)33-17-23-40(32-15-21-36(49)22-16-32)45(3,55)29-47-44(39(31)27-37(50)28-48)34(26-33)14-19-35(46-5-2)20-25-43(53)54/h7-10,15-16,18,21-22,24,33-35,37,40-42,44,46-52,55H,4-6,11-14,19-20,25-29H2,1-3H3,(H,53,54)/t33-,34+,35-,37+,40+,41+,42-,44-,45-/m1/s1. The van der Waals surface area contributed by atoms with Crippen molar-refractivity contribution in [3.63, 3.8) is 0 Å². The number of nitrogens with one attached hydrogen (secondary N) is 2. The number of carboxylic acid groups (broad SMARTS) is 1. The van der Waals surface area contributed by atoms with Gasteiger partial charge in [0.2, 0.25) is 0 Å². The molecular weight excluding hydrogens is 697 g/mol. The van der Waals surface area contributed by atoms with Crippen LogP contribution in [0, 0.1) is 17.8 Å². The number of phenols is 1. The first-order valence-corrected chi connectivity index (χ1v) is 20.2. The molecule has 2 bridgehead atoms. The molecule has 1 heterocycles. The van der Waals surface area contributed by atoms with Crippen molar-refractivity contribution in [2.75, 3.05) is 19.7 Å². The third-order valence-electron chi connectivity index (χ3n) is 11.3. The smallest absolute Gasteiger partial charge is 0.303 e. The van der Waals surface area contributed by atoms with Gasteiger partial charge in [0.1, 0.15) is 5.75 Å². The van der Waals surface area contributed by atoms with Gasteiger partial charge in [-0.3, -0.25) is 4.79 Å². The summed E-state index contributed by atoms with van der Waals surface area (Å²) in [5, 5.41) is 82.2. The third-order valence-corrected chi connectivity index (χ3v) is 11.3.